The minimum atomic E-state index is -1.00. The quantitative estimate of drug-likeness (QED) is 0.445. The third-order valence-corrected chi connectivity index (χ3v) is 6.08. The van der Waals surface area contributed by atoms with Crippen LogP contribution in [0.4, 0.5) is 10.7 Å². The summed E-state index contributed by atoms with van der Waals surface area (Å²) in [5.74, 6) is -1.18. The Bertz CT molecular complexity index is 1160. The number of hydrogen-bond acceptors (Lipinski definition) is 5. The molecule has 172 valence electrons. The van der Waals surface area contributed by atoms with E-state index in [1.807, 2.05) is 75.4 Å². The molecule has 1 heterocycles. The number of nitrogens with one attached hydrogen (secondary N) is 2. The van der Waals surface area contributed by atoms with Gasteiger partial charge in [0.05, 0.1) is 5.00 Å². The van der Waals surface area contributed by atoms with E-state index in [0.717, 1.165) is 22.5 Å². The van der Waals surface area contributed by atoms with E-state index in [9.17, 15) is 14.4 Å². The van der Waals surface area contributed by atoms with Crippen molar-refractivity contribution in [2.24, 2.45) is 5.41 Å². The van der Waals surface area contributed by atoms with Crippen LogP contribution in [0.5, 0.6) is 0 Å². The zero-order chi connectivity index (χ0) is 24.2. The average Bonchev–Trinajstić information content (AvgIpc) is 3.14. The minimum absolute atomic E-state index is 0.145. The van der Waals surface area contributed by atoms with Crippen molar-refractivity contribution in [1.82, 2.24) is 0 Å². The van der Waals surface area contributed by atoms with Crippen LogP contribution >= 0.6 is 11.3 Å². The molecule has 2 N–H and O–H groups in total. The Labute approximate surface area is 198 Å². The fraction of sp³-hybridized carbons (Fsp3) is 0.269. The second-order valence-electron chi connectivity index (χ2n) is 8.78. The molecule has 3 aromatic rings. The summed E-state index contributed by atoms with van der Waals surface area (Å²) in [6, 6.07) is 18.9. The van der Waals surface area contributed by atoms with Crippen LogP contribution in [0.25, 0.3) is 11.1 Å². The van der Waals surface area contributed by atoms with E-state index in [1.54, 1.807) is 13.0 Å². The Balaban J connectivity index is 1.68. The third-order valence-electron chi connectivity index (χ3n) is 4.94. The maximum atomic E-state index is 12.8. The number of para-hydroxylation sites is 1. The van der Waals surface area contributed by atoms with Gasteiger partial charge in [-0.25, -0.2) is 4.79 Å². The van der Waals surface area contributed by atoms with Crippen molar-refractivity contribution in [3.8, 4) is 11.1 Å². The van der Waals surface area contributed by atoms with Crippen LogP contribution in [0.2, 0.25) is 0 Å². The minimum Gasteiger partial charge on any atom is -0.448 e. The highest BCUT2D eigenvalue weighted by Gasteiger charge is 2.25. The first kappa shape index (κ1) is 24.2. The normalized spacial score (nSPS) is 12.0. The summed E-state index contributed by atoms with van der Waals surface area (Å²) < 4.78 is 5.43. The molecule has 6 nitrogen and oxygen atoms in total. The molecular weight excluding hydrogens is 436 g/mol. The van der Waals surface area contributed by atoms with Crippen molar-refractivity contribution >= 4 is 39.8 Å². The van der Waals surface area contributed by atoms with Crippen molar-refractivity contribution in [3.63, 3.8) is 0 Å². The lowest BCUT2D eigenvalue weighted by molar-refractivity contribution is -0.124. The van der Waals surface area contributed by atoms with Crippen LogP contribution in [0.1, 0.15) is 42.9 Å². The van der Waals surface area contributed by atoms with E-state index in [4.69, 9.17) is 4.74 Å². The van der Waals surface area contributed by atoms with Crippen LogP contribution < -0.4 is 10.6 Å². The number of benzene rings is 2. The molecule has 0 bridgehead atoms. The molecule has 33 heavy (non-hydrogen) atoms. The molecule has 3 rings (SSSR count). The van der Waals surface area contributed by atoms with Crippen molar-refractivity contribution in [2.75, 3.05) is 10.6 Å². The van der Waals surface area contributed by atoms with Gasteiger partial charge in [-0.05, 0) is 37.1 Å². The Hall–Kier alpha value is -3.45. The van der Waals surface area contributed by atoms with Gasteiger partial charge in [0.25, 0.3) is 5.91 Å². The molecule has 1 unspecified atom stereocenters. The summed E-state index contributed by atoms with van der Waals surface area (Å²) in [4.78, 5) is 38.1. The third kappa shape index (κ3) is 6.08. The largest absolute Gasteiger partial charge is 0.448 e. The van der Waals surface area contributed by atoms with Crippen molar-refractivity contribution < 1.29 is 19.1 Å². The molecule has 0 saturated carbocycles. The van der Waals surface area contributed by atoms with Gasteiger partial charge in [-0.1, -0.05) is 69.3 Å². The summed E-state index contributed by atoms with van der Waals surface area (Å²) in [6.45, 7) is 8.74. The summed E-state index contributed by atoms with van der Waals surface area (Å²) in [5, 5.41) is 6.24. The number of carbonyl (C=O) groups excluding carboxylic acids is 3. The number of carbonyl (C=O) groups is 3. The fourth-order valence-corrected chi connectivity index (χ4v) is 3.96. The maximum absolute atomic E-state index is 12.8. The van der Waals surface area contributed by atoms with E-state index in [1.165, 1.54) is 6.92 Å². The number of thiophene rings is 1. The Morgan fingerprint density at radius 2 is 1.58 bits per heavy atom. The highest BCUT2D eigenvalue weighted by Crippen LogP contribution is 2.30. The number of ether oxygens (including phenoxy) is 1. The zero-order valence-electron chi connectivity index (χ0n) is 19.4. The topological polar surface area (TPSA) is 84.5 Å². The van der Waals surface area contributed by atoms with Gasteiger partial charge < -0.3 is 15.4 Å². The molecular formula is C26H28N2O4S. The number of rotatable bonds is 6. The number of hydrogen-bond donors (Lipinski definition) is 2. The van der Waals surface area contributed by atoms with Crippen LogP contribution in [0.3, 0.4) is 0 Å². The molecule has 0 saturated heterocycles. The number of anilines is 2. The van der Waals surface area contributed by atoms with Gasteiger partial charge in [0.2, 0.25) is 5.91 Å². The lowest BCUT2D eigenvalue weighted by Crippen LogP contribution is -2.30. The molecule has 0 radical (unpaired) electrons. The Morgan fingerprint density at radius 3 is 2.24 bits per heavy atom. The van der Waals surface area contributed by atoms with E-state index in [2.05, 4.69) is 10.6 Å². The number of amides is 2. The van der Waals surface area contributed by atoms with Gasteiger partial charge in [0.15, 0.2) is 6.10 Å². The van der Waals surface area contributed by atoms with Crippen molar-refractivity contribution in [2.45, 2.75) is 40.7 Å². The first-order valence-electron chi connectivity index (χ1n) is 10.6. The van der Waals surface area contributed by atoms with E-state index in [0.29, 0.717) is 21.1 Å². The number of esters is 1. The number of aryl methyl sites for hydroxylation is 1. The molecule has 1 atom stereocenters. The first-order valence-corrected chi connectivity index (χ1v) is 11.5. The molecule has 0 spiro atoms. The molecule has 1 aromatic heterocycles. The Morgan fingerprint density at radius 1 is 0.939 bits per heavy atom. The SMILES string of the molecule is Cc1cc(NC(=O)C(C)(C)C)sc1C(=O)OC(C)C(=O)Nc1ccccc1-c1ccccc1. The van der Waals surface area contributed by atoms with Gasteiger partial charge in [-0.15, -0.1) is 11.3 Å². The van der Waals surface area contributed by atoms with Gasteiger partial charge in [0, 0.05) is 16.7 Å². The zero-order valence-corrected chi connectivity index (χ0v) is 20.2. The van der Waals surface area contributed by atoms with Crippen molar-refractivity contribution in [3.05, 3.63) is 71.1 Å². The second kappa shape index (κ2) is 10.0. The predicted octanol–water partition coefficient (Wildman–Crippen LogP) is 5.89. The Kier molecular flexibility index (Phi) is 7.33. The standard InChI is InChI=1S/C26H28N2O4S/c1-16-15-21(28-25(31)26(3,4)5)33-22(16)24(30)32-17(2)23(29)27-20-14-10-9-13-19(20)18-11-7-6-8-12-18/h6-15,17H,1-5H3,(H,27,29)(H,28,31). The maximum Gasteiger partial charge on any atom is 0.349 e. The van der Waals surface area contributed by atoms with Crippen LogP contribution in [0.15, 0.2) is 60.7 Å². The summed E-state index contributed by atoms with van der Waals surface area (Å²) in [6.07, 6.45) is -1.00. The predicted molar refractivity (Wildman–Crippen MR) is 133 cm³/mol. The van der Waals surface area contributed by atoms with Gasteiger partial charge in [0.1, 0.15) is 4.88 Å². The molecule has 0 aliphatic rings. The smallest absolute Gasteiger partial charge is 0.349 e. The summed E-state index contributed by atoms with van der Waals surface area (Å²) in [5.41, 5.74) is 2.60. The van der Waals surface area contributed by atoms with Crippen LogP contribution in [-0.2, 0) is 14.3 Å². The van der Waals surface area contributed by atoms with Crippen molar-refractivity contribution in [1.29, 1.82) is 0 Å². The summed E-state index contributed by atoms with van der Waals surface area (Å²) >= 11 is 1.13. The molecule has 2 amide bonds. The van der Waals surface area contributed by atoms with Gasteiger partial charge in [-0.3, -0.25) is 9.59 Å². The monoisotopic (exact) mass is 464 g/mol. The van der Waals surface area contributed by atoms with Crippen LogP contribution in [-0.4, -0.2) is 23.9 Å². The van der Waals surface area contributed by atoms with E-state index >= 15 is 0 Å². The lowest BCUT2D eigenvalue weighted by Gasteiger charge is -2.16. The summed E-state index contributed by atoms with van der Waals surface area (Å²) in [7, 11) is 0. The lowest BCUT2D eigenvalue weighted by atomic mass is 9.96. The highest BCUT2D eigenvalue weighted by molar-refractivity contribution is 7.18. The molecule has 0 fully saturated rings. The highest BCUT2D eigenvalue weighted by atomic mass is 32.1. The first-order chi connectivity index (χ1) is 15.6. The van der Waals surface area contributed by atoms with Gasteiger partial charge in [-0.2, -0.15) is 0 Å². The molecule has 0 aliphatic heterocycles. The molecule has 2 aromatic carbocycles. The van der Waals surface area contributed by atoms with E-state index in [-0.39, 0.29) is 5.91 Å². The van der Waals surface area contributed by atoms with Crippen LogP contribution in [0, 0.1) is 12.3 Å². The second-order valence-corrected chi connectivity index (χ2v) is 9.83. The van der Waals surface area contributed by atoms with E-state index < -0.39 is 23.4 Å². The molecule has 0 aliphatic carbocycles. The fourth-order valence-electron chi connectivity index (χ4n) is 3.01. The van der Waals surface area contributed by atoms with Gasteiger partial charge >= 0.3 is 5.97 Å². The molecule has 7 heteroatoms. The average molecular weight is 465 g/mol.